The predicted octanol–water partition coefficient (Wildman–Crippen LogP) is 4.10. The molecule has 0 bridgehead atoms. The van der Waals surface area contributed by atoms with Crippen molar-refractivity contribution >= 4 is 11.6 Å². The van der Waals surface area contributed by atoms with Crippen LogP contribution < -0.4 is 5.32 Å². The number of aromatic nitrogens is 2. The first-order chi connectivity index (χ1) is 14.2. The van der Waals surface area contributed by atoms with E-state index in [1.165, 1.54) is 12.1 Å². The molecular weight excluding hydrogens is 367 g/mol. The standard InChI is InChI=1S/C23H23FN4O/c24-19-7-9-20(10-8-19)27-23(29)16-28-13-3-4-18(15-28)22-11-6-17(14-26-22)21-5-1-2-12-25-21/h1-2,5-12,14,18H,3-4,13,15-16H2,(H,27,29)/t18-/m0/s1. The highest BCUT2D eigenvalue weighted by Crippen LogP contribution is 2.27. The Labute approximate surface area is 169 Å². The quantitative estimate of drug-likeness (QED) is 0.713. The summed E-state index contributed by atoms with van der Waals surface area (Å²) in [5.74, 6) is -0.0979. The fraction of sp³-hybridized carbons (Fsp3) is 0.261. The Bertz CT molecular complexity index is 945. The molecule has 0 unspecified atom stereocenters. The van der Waals surface area contributed by atoms with Crippen LogP contribution >= 0.6 is 0 Å². The molecule has 1 aliphatic rings. The van der Waals surface area contributed by atoms with Gasteiger partial charge in [0.25, 0.3) is 0 Å². The van der Waals surface area contributed by atoms with Gasteiger partial charge in [0, 0.05) is 41.8 Å². The maximum absolute atomic E-state index is 13.0. The van der Waals surface area contributed by atoms with E-state index < -0.39 is 0 Å². The minimum absolute atomic E-state index is 0.0873. The summed E-state index contributed by atoms with van der Waals surface area (Å²) >= 11 is 0. The smallest absolute Gasteiger partial charge is 0.238 e. The van der Waals surface area contributed by atoms with Crippen LogP contribution in [-0.2, 0) is 4.79 Å². The number of piperidine rings is 1. The minimum Gasteiger partial charge on any atom is -0.325 e. The van der Waals surface area contributed by atoms with Gasteiger partial charge in [-0.15, -0.1) is 0 Å². The molecule has 1 N–H and O–H groups in total. The van der Waals surface area contributed by atoms with E-state index in [4.69, 9.17) is 0 Å². The molecule has 1 atom stereocenters. The lowest BCUT2D eigenvalue weighted by Gasteiger charge is -2.32. The van der Waals surface area contributed by atoms with E-state index >= 15 is 0 Å². The Kier molecular flexibility index (Phi) is 5.91. The molecule has 0 aliphatic carbocycles. The van der Waals surface area contributed by atoms with Gasteiger partial charge in [-0.3, -0.25) is 19.7 Å². The molecule has 3 heterocycles. The van der Waals surface area contributed by atoms with Crippen LogP contribution in [0.2, 0.25) is 0 Å². The number of carbonyl (C=O) groups excluding carboxylic acids is 1. The molecule has 1 amide bonds. The number of hydrogen-bond donors (Lipinski definition) is 1. The summed E-state index contributed by atoms with van der Waals surface area (Å²) < 4.78 is 13.0. The molecule has 1 fully saturated rings. The SMILES string of the molecule is O=C(CN1CCC[C@H](c2ccc(-c3ccccn3)cn2)C1)Nc1ccc(F)cc1. The van der Waals surface area contributed by atoms with Crippen LogP contribution in [0.4, 0.5) is 10.1 Å². The third kappa shape index (κ3) is 5.03. The summed E-state index contributed by atoms with van der Waals surface area (Å²) in [4.78, 5) is 23.5. The first-order valence-electron chi connectivity index (χ1n) is 9.82. The first-order valence-corrected chi connectivity index (χ1v) is 9.82. The third-order valence-corrected chi connectivity index (χ3v) is 5.17. The number of nitrogens with zero attached hydrogens (tertiary/aromatic N) is 3. The van der Waals surface area contributed by atoms with Crippen LogP contribution in [0.1, 0.15) is 24.5 Å². The minimum atomic E-state index is -0.316. The van der Waals surface area contributed by atoms with E-state index in [0.29, 0.717) is 18.2 Å². The number of pyridine rings is 2. The van der Waals surface area contributed by atoms with E-state index in [2.05, 4.69) is 32.3 Å². The van der Waals surface area contributed by atoms with Crippen molar-refractivity contribution in [3.63, 3.8) is 0 Å². The van der Waals surface area contributed by atoms with Crippen molar-refractivity contribution < 1.29 is 9.18 Å². The molecule has 5 nitrogen and oxygen atoms in total. The van der Waals surface area contributed by atoms with Gasteiger partial charge in [0.1, 0.15) is 5.82 Å². The van der Waals surface area contributed by atoms with E-state index in [-0.39, 0.29) is 11.7 Å². The second-order valence-corrected chi connectivity index (χ2v) is 7.32. The molecule has 148 valence electrons. The lowest BCUT2D eigenvalue weighted by atomic mass is 9.94. The molecule has 2 aromatic heterocycles. The molecule has 4 rings (SSSR count). The number of nitrogens with one attached hydrogen (secondary N) is 1. The van der Waals surface area contributed by atoms with Crippen LogP contribution in [0.3, 0.4) is 0 Å². The molecule has 1 saturated heterocycles. The van der Waals surface area contributed by atoms with E-state index in [9.17, 15) is 9.18 Å². The number of anilines is 1. The van der Waals surface area contributed by atoms with Gasteiger partial charge in [-0.25, -0.2) is 4.39 Å². The van der Waals surface area contributed by atoms with Gasteiger partial charge in [0.15, 0.2) is 0 Å². The van der Waals surface area contributed by atoms with Crippen LogP contribution in [0.15, 0.2) is 67.0 Å². The second kappa shape index (κ2) is 8.92. The zero-order valence-corrected chi connectivity index (χ0v) is 16.1. The predicted molar refractivity (Wildman–Crippen MR) is 111 cm³/mol. The summed E-state index contributed by atoms with van der Waals surface area (Å²) in [5, 5.41) is 2.83. The average molecular weight is 390 g/mol. The van der Waals surface area contributed by atoms with Gasteiger partial charge in [0.05, 0.1) is 12.2 Å². The highest BCUT2D eigenvalue weighted by atomic mass is 19.1. The van der Waals surface area contributed by atoms with Crippen molar-refractivity contribution in [1.29, 1.82) is 0 Å². The van der Waals surface area contributed by atoms with Crippen LogP contribution in [0.5, 0.6) is 0 Å². The number of amides is 1. The summed E-state index contributed by atoms with van der Waals surface area (Å²) in [6.07, 6.45) is 5.74. The third-order valence-electron chi connectivity index (χ3n) is 5.17. The van der Waals surface area contributed by atoms with Crippen molar-refractivity contribution in [2.24, 2.45) is 0 Å². The van der Waals surface area contributed by atoms with Gasteiger partial charge in [-0.05, 0) is 67.9 Å². The second-order valence-electron chi connectivity index (χ2n) is 7.32. The maximum Gasteiger partial charge on any atom is 0.238 e. The molecule has 29 heavy (non-hydrogen) atoms. The fourth-order valence-corrected chi connectivity index (χ4v) is 3.71. The number of likely N-dealkylation sites (tertiary alicyclic amines) is 1. The molecule has 0 radical (unpaired) electrons. The zero-order valence-electron chi connectivity index (χ0n) is 16.1. The van der Waals surface area contributed by atoms with Crippen molar-refractivity contribution in [2.75, 3.05) is 25.0 Å². The van der Waals surface area contributed by atoms with Crippen molar-refractivity contribution in [1.82, 2.24) is 14.9 Å². The van der Waals surface area contributed by atoms with Crippen molar-refractivity contribution in [3.8, 4) is 11.3 Å². The van der Waals surface area contributed by atoms with Gasteiger partial charge < -0.3 is 5.32 Å². The number of halogens is 1. The largest absolute Gasteiger partial charge is 0.325 e. The molecular formula is C23H23FN4O. The Hall–Kier alpha value is -3.12. The molecule has 0 spiro atoms. The summed E-state index contributed by atoms with van der Waals surface area (Å²) in [7, 11) is 0. The number of rotatable bonds is 5. The lowest BCUT2D eigenvalue weighted by Crippen LogP contribution is -2.40. The lowest BCUT2D eigenvalue weighted by molar-refractivity contribution is -0.117. The monoisotopic (exact) mass is 390 g/mol. The number of carbonyl (C=O) groups is 1. The Morgan fingerprint density at radius 2 is 1.97 bits per heavy atom. The Morgan fingerprint density at radius 1 is 1.10 bits per heavy atom. The molecule has 1 aliphatic heterocycles. The first kappa shape index (κ1) is 19.2. The van der Waals surface area contributed by atoms with Gasteiger partial charge in [-0.1, -0.05) is 6.07 Å². The summed E-state index contributed by atoms with van der Waals surface area (Å²) in [6, 6.07) is 15.8. The number of hydrogen-bond acceptors (Lipinski definition) is 4. The highest BCUT2D eigenvalue weighted by molar-refractivity contribution is 5.92. The molecule has 3 aromatic rings. The summed E-state index contributed by atoms with van der Waals surface area (Å²) in [6.45, 7) is 2.01. The molecule has 1 aromatic carbocycles. The molecule has 0 saturated carbocycles. The zero-order chi connectivity index (χ0) is 20.1. The van der Waals surface area contributed by atoms with Gasteiger partial charge >= 0.3 is 0 Å². The Morgan fingerprint density at radius 3 is 2.69 bits per heavy atom. The highest BCUT2D eigenvalue weighted by Gasteiger charge is 2.23. The van der Waals surface area contributed by atoms with Crippen LogP contribution in [-0.4, -0.2) is 40.4 Å². The van der Waals surface area contributed by atoms with Gasteiger partial charge in [0.2, 0.25) is 5.91 Å². The van der Waals surface area contributed by atoms with E-state index in [0.717, 1.165) is 42.9 Å². The normalized spacial score (nSPS) is 17.1. The van der Waals surface area contributed by atoms with Crippen LogP contribution in [0.25, 0.3) is 11.3 Å². The molecule has 6 heteroatoms. The average Bonchev–Trinajstić information content (AvgIpc) is 2.76. The van der Waals surface area contributed by atoms with Gasteiger partial charge in [-0.2, -0.15) is 0 Å². The maximum atomic E-state index is 13.0. The topological polar surface area (TPSA) is 58.1 Å². The van der Waals surface area contributed by atoms with E-state index in [1.807, 2.05) is 24.4 Å². The Balaban J connectivity index is 1.35. The number of benzene rings is 1. The van der Waals surface area contributed by atoms with Crippen molar-refractivity contribution in [3.05, 3.63) is 78.5 Å². The van der Waals surface area contributed by atoms with E-state index in [1.54, 1.807) is 18.3 Å². The summed E-state index contributed by atoms with van der Waals surface area (Å²) in [5.41, 5.74) is 3.57. The fourth-order valence-electron chi connectivity index (χ4n) is 3.71. The van der Waals surface area contributed by atoms with Crippen molar-refractivity contribution in [2.45, 2.75) is 18.8 Å². The van der Waals surface area contributed by atoms with Crippen LogP contribution in [0, 0.1) is 5.82 Å².